The number of unbranched alkanes of at least 4 members (excludes halogenated alkanes) is 2. The molecule has 1 aliphatic carbocycles. The number of nitrogens with zero attached hydrogens (tertiary/aromatic N) is 2. The SMILES string of the molecule is COC1=C(OCCCCCC(=O)[N+]2(C)CCN(C)CC2)C(NC(=O)c2ccccc2)=CCC1(C)NC(=S)c1ccccc1CCCOCc1ccc(OC)cc1. The van der Waals surface area contributed by atoms with Gasteiger partial charge in [-0.15, -0.1) is 0 Å². The molecule has 10 nitrogen and oxygen atoms in total. The number of hydrogen-bond donors (Lipinski definition) is 2. The second-order valence-corrected chi connectivity index (χ2v) is 15.6. The number of piperazine rings is 1. The minimum absolute atomic E-state index is 0.235. The van der Waals surface area contributed by atoms with Gasteiger partial charge >= 0.3 is 5.91 Å². The first kappa shape index (κ1) is 42.6. The Kier molecular flexibility index (Phi) is 15.6. The van der Waals surface area contributed by atoms with Crippen molar-refractivity contribution >= 4 is 29.0 Å². The summed E-state index contributed by atoms with van der Waals surface area (Å²) in [7, 11) is 7.45. The maximum atomic E-state index is 13.3. The van der Waals surface area contributed by atoms with Gasteiger partial charge in [-0.1, -0.05) is 72.9 Å². The van der Waals surface area contributed by atoms with Crippen molar-refractivity contribution in [1.82, 2.24) is 15.5 Å². The van der Waals surface area contributed by atoms with Crippen LogP contribution >= 0.6 is 12.2 Å². The maximum absolute atomic E-state index is 13.3. The van der Waals surface area contributed by atoms with Crippen LogP contribution in [0.3, 0.4) is 0 Å². The van der Waals surface area contributed by atoms with Crippen LogP contribution in [0.4, 0.5) is 0 Å². The first-order valence-electron chi connectivity index (χ1n) is 19.7. The zero-order valence-electron chi connectivity index (χ0n) is 33.7. The topological polar surface area (TPSA) is 98.4 Å². The summed E-state index contributed by atoms with van der Waals surface area (Å²) < 4.78 is 24.3. The highest BCUT2D eigenvalue weighted by Gasteiger charge is 2.39. The number of benzene rings is 3. The summed E-state index contributed by atoms with van der Waals surface area (Å²) in [4.78, 5) is 29.3. The second-order valence-electron chi connectivity index (χ2n) is 15.2. The standard InChI is InChI=1S/C45H58N4O6S/c1-45(47-44(56)38-19-12-11-15-35(38)18-14-31-54-33-34-21-23-37(52-4)24-22-34)26-25-39(46-43(51)36-16-8-6-9-17-36)41(42(45)53-5)55-32-13-7-10-20-40(50)49(3)29-27-48(2)28-30-49/h6,8-9,11-12,15-17,19,21-25H,7,10,13-14,18,20,26-33H2,1-5H3,(H-,46,47,51,56)/p+1. The van der Waals surface area contributed by atoms with Gasteiger partial charge in [-0.2, -0.15) is 0 Å². The highest BCUT2D eigenvalue weighted by atomic mass is 32.1. The number of carbonyl (C=O) groups is 2. The van der Waals surface area contributed by atoms with Crippen molar-refractivity contribution in [2.45, 2.75) is 64.0 Å². The molecule has 2 N–H and O–H groups in total. The van der Waals surface area contributed by atoms with E-state index in [1.165, 1.54) is 0 Å². The second kappa shape index (κ2) is 20.6. The summed E-state index contributed by atoms with van der Waals surface area (Å²) in [5.41, 5.74) is 3.52. The molecule has 0 spiro atoms. The van der Waals surface area contributed by atoms with Crippen LogP contribution in [0, 0.1) is 0 Å². The highest BCUT2D eigenvalue weighted by molar-refractivity contribution is 7.80. The van der Waals surface area contributed by atoms with Crippen LogP contribution < -0.4 is 15.4 Å². The minimum Gasteiger partial charge on any atom is -0.497 e. The predicted molar refractivity (Wildman–Crippen MR) is 224 cm³/mol. The van der Waals surface area contributed by atoms with Gasteiger partial charge in [0.2, 0.25) is 0 Å². The first-order chi connectivity index (χ1) is 27.0. The maximum Gasteiger partial charge on any atom is 0.313 e. The lowest BCUT2D eigenvalue weighted by atomic mass is 9.88. The Morgan fingerprint density at radius 1 is 0.875 bits per heavy atom. The molecule has 1 fully saturated rings. The van der Waals surface area contributed by atoms with E-state index in [2.05, 4.69) is 35.7 Å². The van der Waals surface area contributed by atoms with E-state index in [-0.39, 0.29) is 5.91 Å². The number of aryl methyl sites for hydroxylation is 1. The van der Waals surface area contributed by atoms with E-state index in [1.807, 2.05) is 73.7 Å². The third kappa shape index (κ3) is 11.5. The number of methoxy groups -OCH3 is 2. The molecule has 2 amide bonds. The molecule has 0 bridgehead atoms. The normalized spacial score (nSPS) is 18.1. The average molecular weight is 784 g/mol. The number of thiocarbonyl (C=S) groups is 1. The van der Waals surface area contributed by atoms with Gasteiger partial charge in [0.15, 0.2) is 11.5 Å². The fourth-order valence-corrected chi connectivity index (χ4v) is 7.56. The van der Waals surface area contributed by atoms with Crippen molar-refractivity contribution < 1.29 is 33.0 Å². The van der Waals surface area contributed by atoms with Crippen molar-refractivity contribution in [1.29, 1.82) is 0 Å². The fourth-order valence-electron chi connectivity index (χ4n) is 7.13. The van der Waals surface area contributed by atoms with Crippen LogP contribution in [0.25, 0.3) is 0 Å². The minimum atomic E-state index is -0.759. The van der Waals surface area contributed by atoms with Crippen LogP contribution in [-0.4, -0.2) is 99.4 Å². The van der Waals surface area contributed by atoms with Crippen molar-refractivity contribution in [2.24, 2.45) is 0 Å². The number of carbonyl (C=O) groups excluding carboxylic acids is 2. The molecule has 1 saturated heterocycles. The Balaban J connectivity index is 1.22. The lowest BCUT2D eigenvalue weighted by Crippen LogP contribution is -2.59. The molecule has 1 atom stereocenters. The molecule has 5 rings (SSSR count). The molecule has 0 aromatic heterocycles. The van der Waals surface area contributed by atoms with E-state index < -0.39 is 5.54 Å². The zero-order chi connectivity index (χ0) is 40.0. The van der Waals surface area contributed by atoms with E-state index in [0.717, 1.165) is 80.7 Å². The van der Waals surface area contributed by atoms with E-state index in [1.54, 1.807) is 26.4 Å². The van der Waals surface area contributed by atoms with Crippen LogP contribution in [-0.2, 0) is 32.0 Å². The largest absolute Gasteiger partial charge is 0.497 e. The molecule has 1 unspecified atom stereocenters. The molecule has 3 aromatic rings. The monoisotopic (exact) mass is 783 g/mol. The molecule has 3 aromatic carbocycles. The molecule has 2 aliphatic rings. The van der Waals surface area contributed by atoms with Gasteiger partial charge < -0.3 is 29.6 Å². The lowest BCUT2D eigenvalue weighted by Gasteiger charge is -2.38. The first-order valence-corrected chi connectivity index (χ1v) is 20.1. The Bertz CT molecular complexity index is 1840. The quantitative estimate of drug-likeness (QED) is 0.0762. The number of likely N-dealkylation sites (N-methyl/N-ethyl adjacent to an activating group) is 2. The summed E-state index contributed by atoms with van der Waals surface area (Å²) in [6, 6.07) is 25.2. The average Bonchev–Trinajstić information content (AvgIpc) is 3.21. The van der Waals surface area contributed by atoms with Crippen LogP contribution in [0.5, 0.6) is 5.75 Å². The Labute approximate surface area is 338 Å². The number of hydrogen-bond acceptors (Lipinski definition) is 8. The van der Waals surface area contributed by atoms with Crippen molar-refractivity contribution in [3.8, 4) is 5.75 Å². The van der Waals surface area contributed by atoms with Gasteiger partial charge in [0, 0.05) is 30.8 Å². The van der Waals surface area contributed by atoms with Crippen molar-refractivity contribution in [2.75, 3.05) is 67.7 Å². The summed E-state index contributed by atoms with van der Waals surface area (Å²) >= 11 is 6.07. The third-order valence-corrected chi connectivity index (χ3v) is 11.1. The summed E-state index contributed by atoms with van der Waals surface area (Å²) in [5.74, 6) is 1.92. The molecule has 11 heteroatoms. The number of nitrogens with one attached hydrogen (secondary N) is 2. The molecule has 1 aliphatic heterocycles. The van der Waals surface area contributed by atoms with Gasteiger partial charge in [0.25, 0.3) is 5.91 Å². The number of quaternary nitrogens is 1. The van der Waals surface area contributed by atoms with Crippen LogP contribution in [0.2, 0.25) is 0 Å². The van der Waals surface area contributed by atoms with Gasteiger partial charge in [-0.25, -0.2) is 4.79 Å². The summed E-state index contributed by atoms with van der Waals surface area (Å²) in [5, 5.41) is 6.68. The molecular weight excluding hydrogens is 725 g/mol. The smallest absolute Gasteiger partial charge is 0.313 e. The van der Waals surface area contributed by atoms with E-state index in [9.17, 15) is 9.59 Å². The Morgan fingerprint density at radius 3 is 2.30 bits per heavy atom. The molecule has 0 saturated carbocycles. The molecule has 300 valence electrons. The molecule has 1 heterocycles. The van der Waals surface area contributed by atoms with E-state index >= 15 is 0 Å². The van der Waals surface area contributed by atoms with Gasteiger partial charge in [-0.3, -0.25) is 14.2 Å². The van der Waals surface area contributed by atoms with E-state index in [4.69, 9.17) is 31.2 Å². The van der Waals surface area contributed by atoms with Gasteiger partial charge in [0.1, 0.15) is 16.3 Å². The molecular formula is C45H59N4O6S+. The number of rotatable bonds is 19. The number of amides is 2. The van der Waals surface area contributed by atoms with Gasteiger partial charge in [0.05, 0.1) is 59.7 Å². The highest BCUT2D eigenvalue weighted by Crippen LogP contribution is 2.35. The summed E-state index contributed by atoms with van der Waals surface area (Å²) in [6.07, 6.45) is 7.06. The van der Waals surface area contributed by atoms with Crippen molar-refractivity contribution in [3.05, 3.63) is 124 Å². The lowest BCUT2D eigenvalue weighted by molar-refractivity contribution is -0.839. The fraction of sp³-hybridized carbons (Fsp3) is 0.444. The number of ether oxygens (including phenoxy) is 4. The molecule has 56 heavy (non-hydrogen) atoms. The Morgan fingerprint density at radius 2 is 1.59 bits per heavy atom. The molecule has 0 radical (unpaired) electrons. The van der Waals surface area contributed by atoms with E-state index in [0.29, 0.717) is 70.8 Å². The predicted octanol–water partition coefficient (Wildman–Crippen LogP) is 6.94. The zero-order valence-corrected chi connectivity index (χ0v) is 34.6. The Hall–Kier alpha value is -4.55. The van der Waals surface area contributed by atoms with Crippen LogP contribution in [0.1, 0.15) is 72.5 Å². The summed E-state index contributed by atoms with van der Waals surface area (Å²) in [6.45, 7) is 7.20. The van der Waals surface area contributed by atoms with Crippen molar-refractivity contribution in [3.63, 3.8) is 0 Å². The third-order valence-electron chi connectivity index (χ3n) is 10.8. The van der Waals surface area contributed by atoms with Gasteiger partial charge in [-0.05, 0) is 87.9 Å². The van der Waals surface area contributed by atoms with Crippen LogP contribution in [0.15, 0.2) is 102 Å².